The number of aliphatic hydroxyl groups excluding tert-OH is 1. The molecule has 1 aromatic carbocycles. The molecule has 1 heterocycles. The molecule has 10 heteroatoms. The normalized spacial score (nSPS) is 16.9. The van der Waals surface area contributed by atoms with Crippen molar-refractivity contribution >= 4 is 23.4 Å². The molecule has 0 bridgehead atoms. The van der Waals surface area contributed by atoms with Crippen molar-refractivity contribution in [2.24, 2.45) is 11.8 Å². The van der Waals surface area contributed by atoms with Crippen LogP contribution in [-0.4, -0.2) is 73.3 Å². The molecule has 194 valence electrons. The van der Waals surface area contributed by atoms with Crippen molar-refractivity contribution in [2.45, 2.75) is 58.2 Å². The third-order valence-electron chi connectivity index (χ3n) is 5.50. The van der Waals surface area contributed by atoms with Crippen LogP contribution in [0.5, 0.6) is 5.75 Å². The average Bonchev–Trinajstić information content (AvgIpc) is 3.63. The largest absolute Gasteiger partial charge is 0.497 e. The van der Waals surface area contributed by atoms with E-state index in [9.17, 15) is 22.8 Å². The van der Waals surface area contributed by atoms with Gasteiger partial charge in [0.2, 0.25) is 6.10 Å². The van der Waals surface area contributed by atoms with Crippen molar-refractivity contribution in [3.05, 3.63) is 28.8 Å². The summed E-state index contributed by atoms with van der Waals surface area (Å²) in [5.74, 6) is 0.608. The summed E-state index contributed by atoms with van der Waals surface area (Å²) in [4.78, 5) is 25.6. The Balaban J connectivity index is 0.000000310. The number of carbonyl (C=O) groups is 2. The molecule has 2 fully saturated rings. The molecule has 1 saturated heterocycles. The lowest BCUT2D eigenvalue weighted by Crippen LogP contribution is -2.49. The number of halogens is 4. The zero-order valence-corrected chi connectivity index (χ0v) is 21.2. The molecule has 2 aliphatic rings. The van der Waals surface area contributed by atoms with Crippen LogP contribution in [0.4, 0.5) is 13.2 Å². The summed E-state index contributed by atoms with van der Waals surface area (Å²) in [6.45, 7) is 4.93. The lowest BCUT2D eigenvalue weighted by atomic mass is 9.92. The van der Waals surface area contributed by atoms with Gasteiger partial charge in [-0.25, -0.2) is 0 Å². The highest BCUT2D eigenvalue weighted by Gasteiger charge is 2.46. The molecule has 34 heavy (non-hydrogen) atoms. The molecular weight excluding hydrogens is 473 g/mol. The van der Waals surface area contributed by atoms with Crippen molar-refractivity contribution in [2.75, 3.05) is 34.3 Å². The number of methoxy groups -OCH3 is 1. The molecule has 1 N–H and O–H groups in total. The SMILES string of the molecule is CCC.COc1ccc(C(=O)N(C)C)c(Cl)c1.O=C(C(O)C(F)(F)F)N1CCC(C2CC2)CC1. The standard InChI is InChI=1S/C11H16F3NO2.C10H12ClNO2.C3H8/c12-11(13,14)9(16)10(17)15-5-3-8(4-6-15)7-1-2-7;1-12(2)10(13)8-5-4-7(14-3)6-9(8)11;1-3-2/h7-9,16H,1-6H2;4-6H,1-3H3;3H2,1-2H3. The fraction of sp³-hybridized carbons (Fsp3) is 0.667. The Morgan fingerprint density at radius 3 is 2.03 bits per heavy atom. The molecule has 1 aliphatic carbocycles. The highest BCUT2D eigenvalue weighted by molar-refractivity contribution is 6.34. The predicted octanol–water partition coefficient (Wildman–Crippen LogP) is 5.02. The van der Waals surface area contributed by atoms with Gasteiger partial charge in [-0.2, -0.15) is 13.2 Å². The van der Waals surface area contributed by atoms with Gasteiger partial charge in [0.15, 0.2) is 0 Å². The van der Waals surface area contributed by atoms with Gasteiger partial charge >= 0.3 is 6.18 Å². The fourth-order valence-corrected chi connectivity index (χ4v) is 3.76. The number of hydrogen-bond donors (Lipinski definition) is 1. The van der Waals surface area contributed by atoms with Gasteiger partial charge in [0, 0.05) is 27.2 Å². The molecule has 1 unspecified atom stereocenters. The first-order valence-corrected chi connectivity index (χ1v) is 11.8. The first-order chi connectivity index (χ1) is 15.9. The summed E-state index contributed by atoms with van der Waals surface area (Å²) in [6, 6.07) is 4.99. The molecule has 1 aromatic rings. The second kappa shape index (κ2) is 13.8. The number of rotatable bonds is 4. The molecule has 1 atom stereocenters. The van der Waals surface area contributed by atoms with E-state index in [1.54, 1.807) is 39.4 Å². The smallest absolute Gasteiger partial charge is 0.423 e. The van der Waals surface area contributed by atoms with E-state index in [4.69, 9.17) is 21.4 Å². The number of aliphatic hydroxyl groups is 1. The molecule has 1 aliphatic heterocycles. The van der Waals surface area contributed by atoms with Crippen LogP contribution in [0, 0.1) is 11.8 Å². The summed E-state index contributed by atoms with van der Waals surface area (Å²) in [5, 5.41) is 9.28. The highest BCUT2D eigenvalue weighted by Crippen LogP contribution is 2.42. The van der Waals surface area contributed by atoms with Crippen molar-refractivity contribution < 1.29 is 32.6 Å². The Morgan fingerprint density at radius 2 is 1.65 bits per heavy atom. The number of likely N-dealkylation sites (tertiary alicyclic amines) is 1. The lowest BCUT2D eigenvalue weighted by molar-refractivity contribution is -0.211. The van der Waals surface area contributed by atoms with Crippen molar-refractivity contribution in [3.63, 3.8) is 0 Å². The van der Waals surface area contributed by atoms with Gasteiger partial charge in [0.1, 0.15) is 5.75 Å². The van der Waals surface area contributed by atoms with E-state index in [1.165, 1.54) is 24.2 Å². The van der Waals surface area contributed by atoms with Crippen LogP contribution in [-0.2, 0) is 4.79 Å². The van der Waals surface area contributed by atoms with Gasteiger partial charge in [-0.05, 0) is 55.7 Å². The van der Waals surface area contributed by atoms with Gasteiger partial charge in [-0.1, -0.05) is 31.9 Å². The first kappa shape index (κ1) is 30.0. The van der Waals surface area contributed by atoms with Gasteiger partial charge in [0.05, 0.1) is 17.7 Å². The minimum absolute atomic E-state index is 0.113. The van der Waals surface area contributed by atoms with Crippen LogP contribution in [0.3, 0.4) is 0 Å². The van der Waals surface area contributed by atoms with E-state index in [1.807, 2.05) is 0 Å². The minimum Gasteiger partial charge on any atom is -0.497 e. The van der Waals surface area contributed by atoms with Crippen LogP contribution in [0.25, 0.3) is 0 Å². The molecule has 0 aromatic heterocycles. The number of hydrogen-bond acceptors (Lipinski definition) is 4. The Morgan fingerprint density at radius 1 is 1.15 bits per heavy atom. The number of alkyl halides is 3. The topological polar surface area (TPSA) is 70.1 Å². The zero-order valence-electron chi connectivity index (χ0n) is 20.5. The van der Waals surface area contributed by atoms with Crippen molar-refractivity contribution in [1.29, 1.82) is 0 Å². The Labute approximate surface area is 205 Å². The predicted molar refractivity (Wildman–Crippen MR) is 126 cm³/mol. The van der Waals surface area contributed by atoms with E-state index in [-0.39, 0.29) is 5.91 Å². The van der Waals surface area contributed by atoms with E-state index >= 15 is 0 Å². The minimum atomic E-state index is -4.86. The Hall–Kier alpha value is -2.00. The second-order valence-corrected chi connectivity index (χ2v) is 9.10. The zero-order chi connectivity index (χ0) is 26.1. The van der Waals surface area contributed by atoms with Crippen LogP contribution in [0.1, 0.15) is 56.3 Å². The average molecular weight is 509 g/mol. The van der Waals surface area contributed by atoms with E-state index < -0.39 is 18.2 Å². The van der Waals surface area contributed by atoms with Gasteiger partial charge in [-0.3, -0.25) is 9.59 Å². The highest BCUT2D eigenvalue weighted by atomic mass is 35.5. The quantitative estimate of drug-likeness (QED) is 0.619. The summed E-state index contributed by atoms with van der Waals surface area (Å²) >= 11 is 5.92. The third kappa shape index (κ3) is 9.33. The second-order valence-electron chi connectivity index (χ2n) is 8.70. The van der Waals surface area contributed by atoms with Crippen molar-refractivity contribution in [3.8, 4) is 5.75 Å². The maximum absolute atomic E-state index is 12.2. The Bertz CT molecular complexity index is 793. The van der Waals surface area contributed by atoms with Crippen LogP contribution < -0.4 is 4.74 Å². The maximum atomic E-state index is 12.2. The maximum Gasteiger partial charge on any atom is 0.423 e. The number of benzene rings is 1. The Kier molecular flexibility index (Phi) is 12.2. The summed E-state index contributed by atoms with van der Waals surface area (Å²) in [6.07, 6.45) is -2.51. The first-order valence-electron chi connectivity index (χ1n) is 11.5. The molecule has 1 saturated carbocycles. The van der Waals surface area contributed by atoms with Crippen LogP contribution in [0.15, 0.2) is 18.2 Å². The number of carbonyl (C=O) groups excluding carboxylic acids is 2. The van der Waals surface area contributed by atoms with Crippen molar-refractivity contribution in [1.82, 2.24) is 9.80 Å². The number of piperidine rings is 1. The summed E-state index contributed by atoms with van der Waals surface area (Å²) < 4.78 is 41.5. The fourth-order valence-electron chi connectivity index (χ4n) is 3.51. The van der Waals surface area contributed by atoms with Gasteiger partial charge in [0.25, 0.3) is 11.8 Å². The molecule has 0 spiro atoms. The monoisotopic (exact) mass is 508 g/mol. The molecule has 0 radical (unpaired) electrons. The van der Waals surface area contributed by atoms with E-state index in [0.717, 1.165) is 23.7 Å². The summed E-state index contributed by atoms with van der Waals surface area (Å²) in [7, 11) is 4.92. The number of ether oxygens (including phenoxy) is 1. The summed E-state index contributed by atoms with van der Waals surface area (Å²) in [5.41, 5.74) is 0.484. The van der Waals surface area contributed by atoms with Crippen LogP contribution in [0.2, 0.25) is 5.02 Å². The number of nitrogens with zero attached hydrogens (tertiary/aromatic N) is 2. The van der Waals surface area contributed by atoms with E-state index in [2.05, 4.69) is 13.8 Å². The van der Waals surface area contributed by atoms with Gasteiger partial charge in [-0.15, -0.1) is 0 Å². The van der Waals surface area contributed by atoms with Gasteiger partial charge < -0.3 is 19.6 Å². The third-order valence-corrected chi connectivity index (χ3v) is 5.81. The molecule has 2 amide bonds. The molecule has 6 nitrogen and oxygen atoms in total. The van der Waals surface area contributed by atoms with Crippen LogP contribution >= 0.6 is 11.6 Å². The van der Waals surface area contributed by atoms with E-state index in [0.29, 0.717) is 35.3 Å². The number of amides is 2. The molecule has 3 rings (SSSR count). The molecular formula is C24H36ClF3N2O4. The lowest BCUT2D eigenvalue weighted by Gasteiger charge is -2.33.